The number of piperidine rings is 1. The molecule has 1 aromatic rings. The number of hydrogen-bond donors (Lipinski definition) is 1. The van der Waals surface area contributed by atoms with Crippen molar-refractivity contribution in [3.05, 3.63) is 29.3 Å². The second-order valence-corrected chi connectivity index (χ2v) is 7.00. The van der Waals surface area contributed by atoms with Gasteiger partial charge in [0.15, 0.2) is 0 Å². The summed E-state index contributed by atoms with van der Waals surface area (Å²) in [4.78, 5) is 24.8. The Morgan fingerprint density at radius 3 is 2.60 bits per heavy atom. The van der Waals surface area contributed by atoms with Crippen molar-refractivity contribution in [2.75, 3.05) is 19.7 Å². The predicted molar refractivity (Wildman–Crippen MR) is 96.8 cm³/mol. The van der Waals surface area contributed by atoms with Gasteiger partial charge in [0, 0.05) is 25.9 Å². The lowest BCUT2D eigenvalue weighted by Crippen LogP contribution is -2.38. The van der Waals surface area contributed by atoms with Gasteiger partial charge in [-0.25, -0.2) is 0 Å². The van der Waals surface area contributed by atoms with E-state index < -0.39 is 5.97 Å². The first-order valence-corrected chi connectivity index (χ1v) is 9.15. The fraction of sp³-hybridized carbons (Fsp3) is 0.600. The average Bonchev–Trinajstić information content (AvgIpc) is 2.57. The number of unbranched alkanes of at least 4 members (excludes halogenated alkanes) is 1. The molecule has 138 valence electrons. The van der Waals surface area contributed by atoms with Crippen LogP contribution in [0.3, 0.4) is 0 Å². The lowest BCUT2D eigenvalue weighted by atomic mass is 9.93. The van der Waals surface area contributed by atoms with Crippen LogP contribution in [0, 0.1) is 19.8 Å². The van der Waals surface area contributed by atoms with E-state index in [9.17, 15) is 9.59 Å². The summed E-state index contributed by atoms with van der Waals surface area (Å²) in [7, 11) is 0. The van der Waals surface area contributed by atoms with Crippen molar-refractivity contribution in [2.45, 2.75) is 52.4 Å². The van der Waals surface area contributed by atoms with E-state index in [0.717, 1.165) is 37.0 Å². The molecule has 0 aromatic heterocycles. The largest absolute Gasteiger partial charge is 0.493 e. The fourth-order valence-electron chi connectivity index (χ4n) is 3.21. The fourth-order valence-corrected chi connectivity index (χ4v) is 3.21. The number of ether oxygens (including phenoxy) is 1. The second-order valence-electron chi connectivity index (χ2n) is 7.00. The van der Waals surface area contributed by atoms with Crippen LogP contribution in [-0.2, 0) is 9.59 Å². The monoisotopic (exact) mass is 347 g/mol. The Hall–Kier alpha value is -2.04. The highest BCUT2D eigenvalue weighted by atomic mass is 16.5. The third kappa shape index (κ3) is 6.40. The molecule has 2 rings (SSSR count). The zero-order valence-electron chi connectivity index (χ0n) is 15.3. The maximum absolute atomic E-state index is 12.2. The smallest absolute Gasteiger partial charge is 0.303 e. The molecule has 1 aromatic carbocycles. The van der Waals surface area contributed by atoms with Gasteiger partial charge < -0.3 is 14.7 Å². The molecule has 0 saturated carbocycles. The van der Waals surface area contributed by atoms with Gasteiger partial charge in [0.05, 0.1) is 6.61 Å². The highest BCUT2D eigenvalue weighted by Gasteiger charge is 2.23. The standard InChI is InChI=1S/C20H29NO4/c1-15-6-7-16(2)18(13-15)25-12-4-3-5-19(22)21-10-8-17(9-11-21)14-20(23)24/h6-7,13,17H,3-5,8-12,14H2,1-2H3,(H,23,24). The normalized spacial score (nSPS) is 15.2. The van der Waals surface area contributed by atoms with Crippen LogP contribution in [0.1, 0.15) is 49.7 Å². The summed E-state index contributed by atoms with van der Waals surface area (Å²) in [5.74, 6) is 0.577. The maximum atomic E-state index is 12.2. The van der Waals surface area contributed by atoms with E-state index in [-0.39, 0.29) is 18.2 Å². The minimum Gasteiger partial charge on any atom is -0.493 e. The van der Waals surface area contributed by atoms with Gasteiger partial charge in [-0.2, -0.15) is 0 Å². The maximum Gasteiger partial charge on any atom is 0.303 e. The third-order valence-electron chi connectivity index (χ3n) is 4.82. The van der Waals surface area contributed by atoms with Gasteiger partial charge in [0.1, 0.15) is 5.75 Å². The Morgan fingerprint density at radius 2 is 1.92 bits per heavy atom. The molecule has 1 aliphatic rings. The molecule has 0 atom stereocenters. The lowest BCUT2D eigenvalue weighted by Gasteiger charge is -2.31. The molecule has 0 bridgehead atoms. The summed E-state index contributed by atoms with van der Waals surface area (Å²) >= 11 is 0. The van der Waals surface area contributed by atoms with E-state index in [1.54, 1.807) is 0 Å². The zero-order chi connectivity index (χ0) is 18.2. The van der Waals surface area contributed by atoms with Crippen molar-refractivity contribution in [1.29, 1.82) is 0 Å². The van der Waals surface area contributed by atoms with Gasteiger partial charge in [-0.1, -0.05) is 12.1 Å². The van der Waals surface area contributed by atoms with Crippen molar-refractivity contribution >= 4 is 11.9 Å². The number of hydrogen-bond acceptors (Lipinski definition) is 3. The Kier molecular flexibility index (Phi) is 7.29. The number of aryl methyl sites for hydroxylation is 2. The van der Waals surface area contributed by atoms with E-state index in [0.29, 0.717) is 26.1 Å². The van der Waals surface area contributed by atoms with Crippen LogP contribution < -0.4 is 4.74 Å². The van der Waals surface area contributed by atoms with E-state index >= 15 is 0 Å². The number of carbonyl (C=O) groups is 2. The van der Waals surface area contributed by atoms with E-state index in [2.05, 4.69) is 12.1 Å². The minimum atomic E-state index is -0.742. The number of carbonyl (C=O) groups excluding carboxylic acids is 1. The van der Waals surface area contributed by atoms with Crippen LogP contribution in [0.2, 0.25) is 0 Å². The van der Waals surface area contributed by atoms with Crippen LogP contribution in [0.25, 0.3) is 0 Å². The highest BCUT2D eigenvalue weighted by molar-refractivity contribution is 5.76. The quantitative estimate of drug-likeness (QED) is 0.730. The summed E-state index contributed by atoms with van der Waals surface area (Å²) in [5.41, 5.74) is 2.31. The molecule has 25 heavy (non-hydrogen) atoms. The minimum absolute atomic E-state index is 0.181. The molecule has 1 saturated heterocycles. The summed E-state index contributed by atoms with van der Waals surface area (Å²) in [6, 6.07) is 6.17. The van der Waals surface area contributed by atoms with Gasteiger partial charge in [-0.3, -0.25) is 9.59 Å². The average molecular weight is 347 g/mol. The van der Waals surface area contributed by atoms with Crippen molar-refractivity contribution in [3.63, 3.8) is 0 Å². The van der Waals surface area contributed by atoms with E-state index in [1.807, 2.05) is 24.8 Å². The number of amides is 1. The van der Waals surface area contributed by atoms with Crippen molar-refractivity contribution in [1.82, 2.24) is 4.90 Å². The second kappa shape index (κ2) is 9.44. The van der Waals surface area contributed by atoms with Gasteiger partial charge in [0.25, 0.3) is 0 Å². The summed E-state index contributed by atoms with van der Waals surface area (Å²) in [5, 5.41) is 8.83. The molecule has 0 spiro atoms. The number of aliphatic carboxylic acids is 1. The first kappa shape index (κ1) is 19.3. The van der Waals surface area contributed by atoms with Gasteiger partial charge >= 0.3 is 5.97 Å². The van der Waals surface area contributed by atoms with Crippen molar-refractivity contribution < 1.29 is 19.4 Å². The summed E-state index contributed by atoms with van der Waals surface area (Å²) < 4.78 is 5.82. The molecule has 0 aliphatic carbocycles. The number of nitrogens with zero attached hydrogens (tertiary/aromatic N) is 1. The summed E-state index contributed by atoms with van der Waals surface area (Å²) in [6.07, 6.45) is 4.03. The molecule has 0 unspecified atom stereocenters. The van der Waals surface area contributed by atoms with Crippen LogP contribution in [0.15, 0.2) is 18.2 Å². The molecule has 1 N–H and O–H groups in total. The topological polar surface area (TPSA) is 66.8 Å². The van der Waals surface area contributed by atoms with Gasteiger partial charge in [0.2, 0.25) is 5.91 Å². The van der Waals surface area contributed by atoms with Gasteiger partial charge in [-0.05, 0) is 62.6 Å². The number of rotatable bonds is 8. The number of benzene rings is 1. The molecule has 1 aliphatic heterocycles. The number of carboxylic acid groups (broad SMARTS) is 1. The molecule has 1 fully saturated rings. The zero-order valence-corrected chi connectivity index (χ0v) is 15.3. The number of likely N-dealkylation sites (tertiary alicyclic amines) is 1. The Morgan fingerprint density at radius 1 is 1.20 bits per heavy atom. The SMILES string of the molecule is Cc1ccc(C)c(OCCCCC(=O)N2CCC(CC(=O)O)CC2)c1. The first-order chi connectivity index (χ1) is 12.0. The third-order valence-corrected chi connectivity index (χ3v) is 4.82. The molecular weight excluding hydrogens is 318 g/mol. The Bertz CT molecular complexity index is 591. The molecule has 1 amide bonds. The van der Waals surface area contributed by atoms with E-state index in [4.69, 9.17) is 9.84 Å². The van der Waals surface area contributed by atoms with Gasteiger partial charge in [-0.15, -0.1) is 0 Å². The molecule has 0 radical (unpaired) electrons. The molecule has 5 nitrogen and oxygen atoms in total. The molecule has 1 heterocycles. The number of carboxylic acids is 1. The van der Waals surface area contributed by atoms with Crippen LogP contribution in [0.4, 0.5) is 0 Å². The lowest BCUT2D eigenvalue weighted by molar-refractivity contribution is -0.138. The predicted octanol–water partition coefficient (Wildman–Crippen LogP) is 3.57. The Balaban J connectivity index is 1.61. The Labute approximate surface area is 150 Å². The van der Waals surface area contributed by atoms with E-state index in [1.165, 1.54) is 5.56 Å². The first-order valence-electron chi connectivity index (χ1n) is 9.15. The highest BCUT2D eigenvalue weighted by Crippen LogP contribution is 2.22. The summed E-state index contributed by atoms with van der Waals surface area (Å²) in [6.45, 7) is 6.08. The van der Waals surface area contributed by atoms with Crippen molar-refractivity contribution in [3.8, 4) is 5.75 Å². The van der Waals surface area contributed by atoms with Crippen LogP contribution in [-0.4, -0.2) is 41.6 Å². The van der Waals surface area contributed by atoms with Crippen LogP contribution in [0.5, 0.6) is 5.75 Å². The molecule has 5 heteroatoms. The van der Waals surface area contributed by atoms with Crippen LogP contribution >= 0.6 is 0 Å². The molecular formula is C20H29NO4. The van der Waals surface area contributed by atoms with Crippen molar-refractivity contribution in [2.24, 2.45) is 5.92 Å².